The third-order valence-electron chi connectivity index (χ3n) is 3.18. The summed E-state index contributed by atoms with van der Waals surface area (Å²) in [5, 5.41) is 2.80. The van der Waals surface area contributed by atoms with E-state index in [-0.39, 0.29) is 17.6 Å². The zero-order chi connectivity index (χ0) is 9.35. The van der Waals surface area contributed by atoms with Gasteiger partial charge in [-0.3, -0.25) is 0 Å². The first-order valence-corrected chi connectivity index (χ1v) is 4.38. The van der Waals surface area contributed by atoms with Crippen LogP contribution in [0.5, 0.6) is 0 Å². The molecule has 0 saturated carbocycles. The van der Waals surface area contributed by atoms with Crippen molar-refractivity contribution in [3.63, 3.8) is 0 Å². The third-order valence-corrected chi connectivity index (χ3v) is 3.18. The number of alkyl carbamates (subject to hydrolysis) is 1. The number of hydrogen-bond acceptors (Lipinski definition) is 2. The molecule has 3 heteroatoms. The van der Waals surface area contributed by atoms with Crippen molar-refractivity contribution >= 4 is 6.09 Å². The van der Waals surface area contributed by atoms with Gasteiger partial charge in [-0.05, 0) is 18.3 Å². The summed E-state index contributed by atoms with van der Waals surface area (Å²) in [7, 11) is 0. The summed E-state index contributed by atoms with van der Waals surface area (Å²) in [5.41, 5.74) is 0.103. The van der Waals surface area contributed by atoms with Crippen LogP contribution in [0.2, 0.25) is 0 Å². The number of rotatable bonds is 0. The first kappa shape index (κ1) is 9.36. The van der Waals surface area contributed by atoms with E-state index in [2.05, 4.69) is 26.1 Å². The van der Waals surface area contributed by atoms with Crippen LogP contribution in [0, 0.1) is 11.3 Å². The van der Waals surface area contributed by atoms with E-state index >= 15 is 0 Å². The van der Waals surface area contributed by atoms with Crippen molar-refractivity contribution in [1.29, 1.82) is 0 Å². The Morgan fingerprint density at radius 2 is 2.08 bits per heavy atom. The SMILES string of the molecule is CC1COC(=O)NC(C)C1(C)C. The van der Waals surface area contributed by atoms with Crippen LogP contribution in [-0.4, -0.2) is 18.7 Å². The Balaban J connectivity index is 2.79. The van der Waals surface area contributed by atoms with Gasteiger partial charge in [-0.1, -0.05) is 20.8 Å². The smallest absolute Gasteiger partial charge is 0.407 e. The predicted octanol–water partition coefficient (Wildman–Crippen LogP) is 1.78. The molecule has 1 aliphatic rings. The van der Waals surface area contributed by atoms with Gasteiger partial charge in [0.1, 0.15) is 0 Å². The van der Waals surface area contributed by atoms with Gasteiger partial charge in [0, 0.05) is 6.04 Å². The van der Waals surface area contributed by atoms with Crippen molar-refractivity contribution in [2.24, 2.45) is 11.3 Å². The number of nitrogens with one attached hydrogen (secondary N) is 1. The molecule has 0 aromatic carbocycles. The Morgan fingerprint density at radius 3 is 2.67 bits per heavy atom. The second-order valence-electron chi connectivity index (χ2n) is 4.19. The largest absolute Gasteiger partial charge is 0.449 e. The minimum absolute atomic E-state index is 0.103. The zero-order valence-electron chi connectivity index (χ0n) is 8.18. The van der Waals surface area contributed by atoms with Gasteiger partial charge in [-0.2, -0.15) is 0 Å². The fraction of sp³-hybridized carbons (Fsp3) is 0.889. The van der Waals surface area contributed by atoms with Crippen molar-refractivity contribution in [2.75, 3.05) is 6.61 Å². The van der Waals surface area contributed by atoms with Crippen molar-refractivity contribution in [2.45, 2.75) is 33.7 Å². The van der Waals surface area contributed by atoms with Crippen LogP contribution in [0.25, 0.3) is 0 Å². The van der Waals surface area contributed by atoms with Gasteiger partial charge >= 0.3 is 6.09 Å². The summed E-state index contributed by atoms with van der Waals surface area (Å²) in [6.07, 6.45) is -0.292. The summed E-state index contributed by atoms with van der Waals surface area (Å²) in [6.45, 7) is 8.94. The van der Waals surface area contributed by atoms with E-state index in [9.17, 15) is 4.79 Å². The van der Waals surface area contributed by atoms with Gasteiger partial charge in [-0.15, -0.1) is 0 Å². The summed E-state index contributed by atoms with van der Waals surface area (Å²) < 4.78 is 4.97. The van der Waals surface area contributed by atoms with Crippen LogP contribution in [0.3, 0.4) is 0 Å². The summed E-state index contributed by atoms with van der Waals surface area (Å²) in [5.74, 6) is 0.395. The molecule has 12 heavy (non-hydrogen) atoms. The molecule has 0 aromatic heterocycles. The van der Waals surface area contributed by atoms with Gasteiger partial charge < -0.3 is 10.1 Å². The van der Waals surface area contributed by atoms with E-state index in [0.717, 1.165) is 0 Å². The standard InChI is InChI=1S/C9H17NO2/c1-6-5-12-8(11)10-7(2)9(6,3)4/h6-7H,5H2,1-4H3,(H,10,11). The highest BCUT2D eigenvalue weighted by Gasteiger charge is 2.36. The fourth-order valence-electron chi connectivity index (χ4n) is 1.25. The maximum absolute atomic E-state index is 11.0. The molecule has 0 bridgehead atoms. The van der Waals surface area contributed by atoms with E-state index < -0.39 is 0 Å². The molecule has 1 rings (SSSR count). The molecular formula is C9H17NO2. The number of carbonyl (C=O) groups excluding carboxylic acids is 1. The average molecular weight is 171 g/mol. The molecule has 1 aliphatic heterocycles. The zero-order valence-corrected chi connectivity index (χ0v) is 8.18. The molecular weight excluding hydrogens is 154 g/mol. The van der Waals surface area contributed by atoms with Crippen molar-refractivity contribution < 1.29 is 9.53 Å². The molecule has 0 radical (unpaired) electrons. The minimum atomic E-state index is -0.292. The Kier molecular flexibility index (Phi) is 2.31. The first-order valence-electron chi connectivity index (χ1n) is 4.38. The summed E-state index contributed by atoms with van der Waals surface area (Å²) in [6, 6.07) is 0.169. The number of ether oxygens (including phenoxy) is 1. The van der Waals surface area contributed by atoms with Gasteiger partial charge in [0.25, 0.3) is 0 Å². The van der Waals surface area contributed by atoms with E-state index in [0.29, 0.717) is 12.5 Å². The fourth-order valence-corrected chi connectivity index (χ4v) is 1.25. The quantitative estimate of drug-likeness (QED) is 0.603. The molecule has 3 nitrogen and oxygen atoms in total. The molecule has 0 aliphatic carbocycles. The van der Waals surface area contributed by atoms with Crippen LogP contribution < -0.4 is 5.32 Å². The Morgan fingerprint density at radius 1 is 1.50 bits per heavy atom. The van der Waals surface area contributed by atoms with Crippen molar-refractivity contribution in [3.05, 3.63) is 0 Å². The lowest BCUT2D eigenvalue weighted by Gasteiger charge is -2.33. The average Bonchev–Trinajstić information content (AvgIpc) is 2.04. The number of amides is 1. The third kappa shape index (κ3) is 1.54. The van der Waals surface area contributed by atoms with Crippen LogP contribution in [0.1, 0.15) is 27.7 Å². The lowest BCUT2D eigenvalue weighted by atomic mass is 9.75. The molecule has 0 spiro atoms. The minimum Gasteiger partial charge on any atom is -0.449 e. The van der Waals surface area contributed by atoms with E-state index in [4.69, 9.17) is 4.74 Å². The lowest BCUT2D eigenvalue weighted by Crippen LogP contribution is -2.42. The van der Waals surface area contributed by atoms with Gasteiger partial charge in [0.15, 0.2) is 0 Å². The molecule has 0 aromatic rings. The topological polar surface area (TPSA) is 38.3 Å². The second kappa shape index (κ2) is 2.96. The van der Waals surface area contributed by atoms with E-state index in [1.54, 1.807) is 0 Å². The number of carbonyl (C=O) groups is 1. The highest BCUT2D eigenvalue weighted by molar-refractivity contribution is 5.68. The van der Waals surface area contributed by atoms with Gasteiger partial charge in [0.2, 0.25) is 0 Å². The van der Waals surface area contributed by atoms with Crippen LogP contribution in [0.4, 0.5) is 4.79 Å². The summed E-state index contributed by atoms with van der Waals surface area (Å²) in [4.78, 5) is 11.0. The Bertz CT molecular complexity index is 189. The molecule has 2 unspecified atom stereocenters. The number of cyclic esters (lactones) is 1. The Labute approximate surface area is 73.5 Å². The molecule has 1 saturated heterocycles. The molecule has 1 fully saturated rings. The molecule has 1 heterocycles. The number of hydrogen-bond donors (Lipinski definition) is 1. The monoisotopic (exact) mass is 171 g/mol. The normalized spacial score (nSPS) is 34.8. The maximum atomic E-state index is 11.0. The second-order valence-corrected chi connectivity index (χ2v) is 4.19. The summed E-state index contributed by atoms with van der Waals surface area (Å²) >= 11 is 0. The van der Waals surface area contributed by atoms with Crippen LogP contribution in [0.15, 0.2) is 0 Å². The van der Waals surface area contributed by atoms with Gasteiger partial charge in [0.05, 0.1) is 6.61 Å². The predicted molar refractivity (Wildman–Crippen MR) is 46.9 cm³/mol. The maximum Gasteiger partial charge on any atom is 0.407 e. The Hall–Kier alpha value is -0.730. The molecule has 2 atom stereocenters. The highest BCUT2D eigenvalue weighted by atomic mass is 16.5. The van der Waals surface area contributed by atoms with Crippen LogP contribution >= 0.6 is 0 Å². The van der Waals surface area contributed by atoms with Crippen molar-refractivity contribution in [3.8, 4) is 0 Å². The van der Waals surface area contributed by atoms with Crippen LogP contribution in [-0.2, 0) is 4.74 Å². The lowest BCUT2D eigenvalue weighted by molar-refractivity contribution is 0.116. The molecule has 1 N–H and O–H groups in total. The van der Waals surface area contributed by atoms with Crippen molar-refractivity contribution in [1.82, 2.24) is 5.32 Å². The highest BCUT2D eigenvalue weighted by Crippen LogP contribution is 2.32. The van der Waals surface area contributed by atoms with Gasteiger partial charge in [-0.25, -0.2) is 4.79 Å². The van der Waals surface area contributed by atoms with E-state index in [1.165, 1.54) is 0 Å². The van der Waals surface area contributed by atoms with E-state index in [1.807, 2.05) is 6.92 Å². The molecule has 1 amide bonds. The molecule has 70 valence electrons. The first-order chi connectivity index (χ1) is 5.44.